The van der Waals surface area contributed by atoms with Crippen LogP contribution in [0.4, 0.5) is 0 Å². The molecule has 8 rings (SSSR count). The predicted octanol–water partition coefficient (Wildman–Crippen LogP) is 13.6. The highest BCUT2D eigenvalue weighted by molar-refractivity contribution is 9.10. The molecule has 0 spiro atoms. The largest absolute Gasteiger partial charge is 0.294 e. The molecule has 52 heavy (non-hydrogen) atoms. The van der Waals surface area contributed by atoms with E-state index in [-0.39, 0.29) is 46.8 Å². The molecule has 4 nitrogen and oxygen atoms in total. The molecule has 0 saturated heterocycles. The lowest BCUT2D eigenvalue weighted by molar-refractivity contribution is 0.0939. The Bertz CT molecular complexity index is 2070. The number of carbonyl (C=O) groups excluding carboxylic acids is 4. The topological polar surface area (TPSA) is 68.3 Å². The van der Waals surface area contributed by atoms with Crippen LogP contribution in [0.5, 0.6) is 0 Å². The van der Waals surface area contributed by atoms with Crippen molar-refractivity contribution >= 4 is 120 Å². The summed E-state index contributed by atoms with van der Waals surface area (Å²) in [6.07, 6.45) is 2.97. The minimum absolute atomic E-state index is 0.0207. The first-order chi connectivity index (χ1) is 24.4. The minimum atomic E-state index is 0.0207. The molecule has 0 amide bonds. The van der Waals surface area contributed by atoms with Crippen LogP contribution < -0.4 is 0 Å². The lowest BCUT2D eigenvalue weighted by atomic mass is 10.1. The van der Waals surface area contributed by atoms with Gasteiger partial charge in [-0.05, 0) is 112 Å². The van der Waals surface area contributed by atoms with Crippen molar-refractivity contribution in [1.82, 2.24) is 0 Å². The molecule has 0 bridgehead atoms. The van der Waals surface area contributed by atoms with Crippen molar-refractivity contribution in [3.05, 3.63) is 133 Å². The molecule has 4 aliphatic carbocycles. The van der Waals surface area contributed by atoms with Crippen molar-refractivity contribution in [3.8, 4) is 0 Å². The van der Waals surface area contributed by atoms with Gasteiger partial charge in [-0.25, -0.2) is 0 Å². The number of rotatable bonds is 0. The van der Waals surface area contributed by atoms with Crippen molar-refractivity contribution in [1.29, 1.82) is 0 Å². The Kier molecular flexibility index (Phi) is 13.4. The quantitative estimate of drug-likeness (QED) is 0.176. The fourth-order valence-corrected chi connectivity index (χ4v) is 8.95. The molecular formula is C40H32BrCl7O4. The standard InChI is InChI=1S/C10H8BrClO.3C10H8Cl2O/c1-5-4-7-6(10(5)13)2-3-8(12)9(7)11;1-5-2-7-8(10(5)13)3-6(11)4-9(7)12;1-5-4-6-7(11)2-3-8(12)9(6)10(5)13;1-5-4-7-6(10(5)13)2-3-8(11)9(7)12/h2-3,5H,4H2,1H3;3-5H,2H2,1H3;2*2-3,5H,4H2,1H3. The molecule has 272 valence electrons. The van der Waals surface area contributed by atoms with E-state index in [9.17, 15) is 19.2 Å². The number of benzene rings is 4. The van der Waals surface area contributed by atoms with Crippen molar-refractivity contribution in [2.45, 2.75) is 53.4 Å². The number of Topliss-reactive ketones (excluding diaryl/α,β-unsaturated/α-hetero) is 4. The average Bonchev–Trinajstić information content (AvgIpc) is 3.78. The summed E-state index contributed by atoms with van der Waals surface area (Å²) in [7, 11) is 0. The number of hydrogen-bond donors (Lipinski definition) is 0. The molecule has 4 unspecified atom stereocenters. The zero-order valence-electron chi connectivity index (χ0n) is 28.4. The van der Waals surface area contributed by atoms with Crippen LogP contribution in [0.1, 0.15) is 91.4 Å². The SMILES string of the molecule is CC1Cc2c(Cl)cc(Cl)cc2C1=O.CC1Cc2c(Cl)ccc(Cl)c2C1=O.CC1Cc2c(ccc(Cl)c2Br)C1=O.CC1Cc2c(ccc(Cl)c2Cl)C1=O. The van der Waals surface area contributed by atoms with Gasteiger partial charge in [0.05, 0.1) is 20.1 Å². The summed E-state index contributed by atoms with van der Waals surface area (Å²) >= 11 is 44.8. The number of hydrogen-bond acceptors (Lipinski definition) is 4. The van der Waals surface area contributed by atoms with Crippen LogP contribution in [0.2, 0.25) is 35.2 Å². The molecule has 4 aromatic rings. The smallest absolute Gasteiger partial charge is 0.167 e. The maximum absolute atomic E-state index is 11.6. The first-order valence-electron chi connectivity index (χ1n) is 16.5. The first-order valence-corrected chi connectivity index (χ1v) is 19.9. The second kappa shape index (κ2) is 16.8. The fourth-order valence-electron chi connectivity index (χ4n) is 6.77. The average molecular weight is 905 g/mol. The monoisotopic (exact) mass is 900 g/mol. The van der Waals surface area contributed by atoms with Gasteiger partial charge in [0.2, 0.25) is 0 Å². The van der Waals surface area contributed by atoms with E-state index in [1.807, 2.05) is 33.8 Å². The van der Waals surface area contributed by atoms with Gasteiger partial charge in [-0.3, -0.25) is 19.2 Å². The Morgan fingerprint density at radius 2 is 0.904 bits per heavy atom. The van der Waals surface area contributed by atoms with Crippen molar-refractivity contribution < 1.29 is 19.2 Å². The highest BCUT2D eigenvalue weighted by atomic mass is 79.9. The minimum Gasteiger partial charge on any atom is -0.294 e. The maximum Gasteiger partial charge on any atom is 0.167 e. The first kappa shape index (κ1) is 41.2. The van der Waals surface area contributed by atoms with Crippen molar-refractivity contribution in [3.63, 3.8) is 0 Å². The molecule has 0 heterocycles. The van der Waals surface area contributed by atoms with Crippen LogP contribution in [-0.2, 0) is 25.7 Å². The molecule has 0 aliphatic heterocycles. The van der Waals surface area contributed by atoms with E-state index in [1.165, 1.54) is 0 Å². The second-order valence-electron chi connectivity index (χ2n) is 13.4. The Morgan fingerprint density at radius 1 is 0.462 bits per heavy atom. The fraction of sp³-hybridized carbons (Fsp3) is 0.300. The summed E-state index contributed by atoms with van der Waals surface area (Å²) in [6.45, 7) is 7.66. The summed E-state index contributed by atoms with van der Waals surface area (Å²) < 4.78 is 0.879. The van der Waals surface area contributed by atoms with E-state index < -0.39 is 0 Å². The summed E-state index contributed by atoms with van der Waals surface area (Å²) in [5.41, 5.74) is 6.71. The van der Waals surface area contributed by atoms with Crippen LogP contribution in [0.15, 0.2) is 53.0 Å². The van der Waals surface area contributed by atoms with Gasteiger partial charge in [-0.1, -0.05) is 109 Å². The lowest BCUT2D eigenvalue weighted by Crippen LogP contribution is -2.03. The third kappa shape index (κ3) is 8.33. The molecule has 0 aromatic heterocycles. The third-order valence-electron chi connectivity index (χ3n) is 9.63. The van der Waals surface area contributed by atoms with Crippen LogP contribution in [0.3, 0.4) is 0 Å². The number of halogens is 8. The summed E-state index contributed by atoms with van der Waals surface area (Å²) in [5.74, 6) is 0.886. The van der Waals surface area contributed by atoms with Gasteiger partial charge in [0.15, 0.2) is 23.1 Å². The molecule has 0 fully saturated rings. The molecule has 12 heteroatoms. The van der Waals surface area contributed by atoms with E-state index >= 15 is 0 Å². The van der Waals surface area contributed by atoms with Gasteiger partial charge in [0, 0.05) is 65.5 Å². The van der Waals surface area contributed by atoms with Crippen LogP contribution in [-0.4, -0.2) is 23.1 Å². The van der Waals surface area contributed by atoms with E-state index in [0.717, 1.165) is 50.7 Å². The third-order valence-corrected chi connectivity index (χ3v) is 13.1. The molecule has 0 radical (unpaired) electrons. The van der Waals surface area contributed by atoms with E-state index in [1.54, 1.807) is 42.5 Å². The van der Waals surface area contributed by atoms with Gasteiger partial charge in [-0.15, -0.1) is 0 Å². The molecule has 4 atom stereocenters. The van der Waals surface area contributed by atoms with Crippen LogP contribution in [0, 0.1) is 23.7 Å². The molecule has 4 aromatic carbocycles. The summed E-state index contributed by atoms with van der Waals surface area (Å²) in [6, 6.07) is 13.8. The zero-order valence-corrected chi connectivity index (χ0v) is 35.3. The van der Waals surface area contributed by atoms with Crippen molar-refractivity contribution in [2.75, 3.05) is 0 Å². The molecular weight excluding hydrogens is 873 g/mol. The molecule has 4 aliphatic rings. The normalized spacial score (nSPS) is 20.5. The van der Waals surface area contributed by atoms with E-state index in [2.05, 4.69) is 15.9 Å². The zero-order chi connectivity index (χ0) is 38.3. The Hall–Kier alpha value is -1.93. The van der Waals surface area contributed by atoms with Crippen LogP contribution in [0.25, 0.3) is 0 Å². The summed E-state index contributed by atoms with van der Waals surface area (Å²) in [5, 5.41) is 4.07. The van der Waals surface area contributed by atoms with Gasteiger partial charge in [-0.2, -0.15) is 0 Å². The maximum atomic E-state index is 11.6. The Morgan fingerprint density at radius 3 is 1.50 bits per heavy atom. The highest BCUT2D eigenvalue weighted by Gasteiger charge is 2.32. The Balaban J connectivity index is 0.000000134. The van der Waals surface area contributed by atoms with Gasteiger partial charge in [0.1, 0.15) is 0 Å². The highest BCUT2D eigenvalue weighted by Crippen LogP contribution is 2.39. The lowest BCUT2D eigenvalue weighted by Gasteiger charge is -2.01. The number of fused-ring (bicyclic) bond motifs is 4. The number of ketones is 4. The van der Waals surface area contributed by atoms with Crippen LogP contribution >= 0.6 is 97.1 Å². The summed E-state index contributed by atoms with van der Waals surface area (Å²) in [4.78, 5) is 46.4. The van der Waals surface area contributed by atoms with E-state index in [0.29, 0.717) is 59.1 Å². The van der Waals surface area contributed by atoms with E-state index in [4.69, 9.17) is 81.2 Å². The second-order valence-corrected chi connectivity index (χ2v) is 17.1. The van der Waals surface area contributed by atoms with Gasteiger partial charge in [0.25, 0.3) is 0 Å². The van der Waals surface area contributed by atoms with Gasteiger partial charge >= 0.3 is 0 Å². The Labute approximate surface area is 346 Å². The molecule has 0 saturated carbocycles. The van der Waals surface area contributed by atoms with Crippen molar-refractivity contribution in [2.24, 2.45) is 23.7 Å². The number of carbonyl (C=O) groups is 4. The van der Waals surface area contributed by atoms with Gasteiger partial charge < -0.3 is 0 Å². The molecule has 0 N–H and O–H groups in total. The predicted molar refractivity (Wildman–Crippen MR) is 217 cm³/mol.